The summed E-state index contributed by atoms with van der Waals surface area (Å²) in [5, 5.41) is 8.25. The highest BCUT2D eigenvalue weighted by atomic mass is 32.1. The first-order valence-electron chi connectivity index (χ1n) is 18.3. The van der Waals surface area contributed by atoms with Gasteiger partial charge in [0.15, 0.2) is 0 Å². The third-order valence-electron chi connectivity index (χ3n) is 10.6. The molecule has 54 heavy (non-hydrogen) atoms. The number of allylic oxidation sites excluding steroid dienone is 2. The Balaban J connectivity index is 1.16. The number of fused-ring (bicyclic) bond motifs is 7. The van der Waals surface area contributed by atoms with Gasteiger partial charge in [0, 0.05) is 31.7 Å². The summed E-state index contributed by atoms with van der Waals surface area (Å²) in [6, 6.07) is 59.1. The van der Waals surface area contributed by atoms with Gasteiger partial charge in [0.1, 0.15) is 11.2 Å². The summed E-state index contributed by atoms with van der Waals surface area (Å²) >= 11 is 1.84. The van der Waals surface area contributed by atoms with Crippen LogP contribution < -0.4 is 4.90 Å². The average molecular weight is 710 g/mol. The van der Waals surface area contributed by atoms with Crippen LogP contribution in [-0.2, 0) is 0 Å². The number of anilines is 3. The van der Waals surface area contributed by atoms with E-state index in [4.69, 9.17) is 4.42 Å². The average Bonchev–Trinajstić information content (AvgIpc) is 3.78. The Bertz CT molecular complexity index is 3090. The van der Waals surface area contributed by atoms with E-state index >= 15 is 0 Å². The Labute approximate surface area is 318 Å². The number of nitrogens with zero attached hydrogens (tertiary/aromatic N) is 1. The third kappa shape index (κ3) is 5.32. The number of benzene rings is 8. The molecular formula is C51H35NOS. The molecule has 0 spiro atoms. The molecular weight excluding hydrogens is 675 g/mol. The SMILES string of the molecule is C=C/C=C\c1sc2c(-c3ccc(N(c4cccc(-c5ccc6ccccc6c5)c4)c4cccc5oc6c7ccccc7ccc6c45)cc3)cccc2c1C. The van der Waals surface area contributed by atoms with E-state index in [2.05, 4.69) is 188 Å². The van der Waals surface area contributed by atoms with Crippen molar-refractivity contribution >= 4 is 88.0 Å². The van der Waals surface area contributed by atoms with Crippen molar-refractivity contribution < 1.29 is 4.42 Å². The largest absolute Gasteiger partial charge is 0.455 e. The van der Waals surface area contributed by atoms with Gasteiger partial charge in [0.25, 0.3) is 0 Å². The minimum atomic E-state index is 0.868. The molecule has 10 aromatic rings. The van der Waals surface area contributed by atoms with Gasteiger partial charge in [0.05, 0.1) is 11.1 Å². The Morgan fingerprint density at radius 3 is 2.17 bits per heavy atom. The molecule has 0 aliphatic carbocycles. The first kappa shape index (κ1) is 32.0. The van der Waals surface area contributed by atoms with Crippen molar-refractivity contribution in [2.45, 2.75) is 6.92 Å². The van der Waals surface area contributed by atoms with E-state index in [0.29, 0.717) is 0 Å². The summed E-state index contributed by atoms with van der Waals surface area (Å²) in [6.45, 7) is 6.08. The molecule has 0 atom stereocenters. The van der Waals surface area contributed by atoms with Crippen LogP contribution in [0.2, 0.25) is 0 Å². The van der Waals surface area contributed by atoms with Crippen molar-refractivity contribution in [3.05, 3.63) is 193 Å². The van der Waals surface area contributed by atoms with Crippen molar-refractivity contribution in [2.75, 3.05) is 4.90 Å². The molecule has 0 unspecified atom stereocenters. The molecule has 2 nitrogen and oxygen atoms in total. The molecule has 0 amide bonds. The fourth-order valence-corrected chi connectivity index (χ4v) is 9.19. The first-order valence-corrected chi connectivity index (χ1v) is 19.1. The van der Waals surface area contributed by atoms with Crippen LogP contribution >= 0.6 is 11.3 Å². The van der Waals surface area contributed by atoms with Crippen LogP contribution in [0.4, 0.5) is 17.1 Å². The zero-order chi connectivity index (χ0) is 36.2. The Morgan fingerprint density at radius 2 is 1.30 bits per heavy atom. The predicted octanol–water partition coefficient (Wildman–Crippen LogP) is 15.4. The van der Waals surface area contributed by atoms with Gasteiger partial charge in [-0.15, -0.1) is 11.3 Å². The molecule has 0 N–H and O–H groups in total. The van der Waals surface area contributed by atoms with Crippen LogP contribution in [0.1, 0.15) is 10.4 Å². The van der Waals surface area contributed by atoms with Crippen LogP contribution in [0.25, 0.3) is 81.9 Å². The molecule has 0 bridgehead atoms. The quantitative estimate of drug-likeness (QED) is 0.153. The van der Waals surface area contributed by atoms with Crippen LogP contribution in [0.15, 0.2) is 187 Å². The highest BCUT2D eigenvalue weighted by Gasteiger charge is 2.21. The third-order valence-corrected chi connectivity index (χ3v) is 11.9. The lowest BCUT2D eigenvalue weighted by Gasteiger charge is -2.27. The minimum absolute atomic E-state index is 0.868. The molecule has 0 fully saturated rings. The molecule has 2 heterocycles. The topological polar surface area (TPSA) is 16.4 Å². The Morgan fingerprint density at radius 1 is 0.574 bits per heavy atom. The molecule has 2 aromatic heterocycles. The second-order valence-electron chi connectivity index (χ2n) is 13.8. The van der Waals surface area contributed by atoms with E-state index in [1.807, 2.05) is 23.5 Å². The van der Waals surface area contributed by atoms with Crippen molar-refractivity contribution in [3.63, 3.8) is 0 Å². The van der Waals surface area contributed by atoms with E-state index in [1.54, 1.807) is 0 Å². The van der Waals surface area contributed by atoms with Gasteiger partial charge in [-0.1, -0.05) is 134 Å². The predicted molar refractivity (Wildman–Crippen MR) is 234 cm³/mol. The maximum atomic E-state index is 6.68. The van der Waals surface area contributed by atoms with Gasteiger partial charge in [-0.3, -0.25) is 0 Å². The summed E-state index contributed by atoms with van der Waals surface area (Å²) in [5.41, 5.74) is 11.1. The second kappa shape index (κ2) is 13.1. The highest BCUT2D eigenvalue weighted by Crippen LogP contribution is 2.46. The number of furan rings is 1. The Kier molecular flexibility index (Phi) is 7.75. The van der Waals surface area contributed by atoms with Crippen LogP contribution in [0.3, 0.4) is 0 Å². The molecule has 3 heteroatoms. The minimum Gasteiger partial charge on any atom is -0.455 e. The van der Waals surface area contributed by atoms with E-state index in [0.717, 1.165) is 50.0 Å². The van der Waals surface area contributed by atoms with Crippen molar-refractivity contribution in [1.29, 1.82) is 0 Å². The molecule has 0 aliphatic rings. The fraction of sp³-hybridized carbons (Fsp3) is 0.0196. The van der Waals surface area contributed by atoms with Gasteiger partial charge in [-0.2, -0.15) is 0 Å². The highest BCUT2D eigenvalue weighted by molar-refractivity contribution is 7.20. The van der Waals surface area contributed by atoms with Crippen LogP contribution in [0, 0.1) is 6.92 Å². The van der Waals surface area contributed by atoms with E-state index < -0.39 is 0 Å². The van der Waals surface area contributed by atoms with E-state index in [9.17, 15) is 0 Å². The van der Waals surface area contributed by atoms with Gasteiger partial charge >= 0.3 is 0 Å². The van der Waals surface area contributed by atoms with E-state index in [-0.39, 0.29) is 0 Å². The molecule has 0 aliphatic heterocycles. The van der Waals surface area contributed by atoms with Crippen molar-refractivity contribution in [3.8, 4) is 22.3 Å². The van der Waals surface area contributed by atoms with Crippen LogP contribution in [0.5, 0.6) is 0 Å². The van der Waals surface area contributed by atoms with Gasteiger partial charge in [-0.25, -0.2) is 0 Å². The number of thiophene rings is 1. The fourth-order valence-electron chi connectivity index (χ4n) is 7.94. The number of hydrogen-bond donors (Lipinski definition) is 0. The number of rotatable bonds is 7. The number of aryl methyl sites for hydroxylation is 1. The Hall–Kier alpha value is -6.68. The lowest BCUT2D eigenvalue weighted by Crippen LogP contribution is -2.10. The lowest BCUT2D eigenvalue weighted by molar-refractivity contribution is 0.672. The van der Waals surface area contributed by atoms with E-state index in [1.165, 1.54) is 53.4 Å². The smallest absolute Gasteiger partial charge is 0.143 e. The van der Waals surface area contributed by atoms with Gasteiger partial charge in [-0.05, 0) is 111 Å². The standard InChI is InChI=1S/C51H35NOS/c1-3-4-22-48-33(2)42-18-10-19-44(51(42)54-48)36-25-28-40(29-26-36)52(41-16-9-15-38(32-41)39-24-23-34-12-5-6-14-37(34)31-39)46-20-11-21-47-49(46)45-30-27-35-13-7-8-17-43(35)50(45)53-47/h3-32H,1H2,2H3/b22-4-. The summed E-state index contributed by atoms with van der Waals surface area (Å²) < 4.78 is 7.98. The monoisotopic (exact) mass is 709 g/mol. The molecule has 0 saturated carbocycles. The van der Waals surface area contributed by atoms with Crippen LogP contribution in [-0.4, -0.2) is 0 Å². The molecule has 8 aromatic carbocycles. The molecule has 10 rings (SSSR count). The summed E-state index contributed by atoms with van der Waals surface area (Å²) in [4.78, 5) is 3.65. The van der Waals surface area contributed by atoms with Crippen molar-refractivity contribution in [2.24, 2.45) is 0 Å². The molecule has 0 saturated heterocycles. The zero-order valence-corrected chi connectivity index (χ0v) is 30.6. The summed E-state index contributed by atoms with van der Waals surface area (Å²) in [6.07, 6.45) is 6.01. The maximum Gasteiger partial charge on any atom is 0.143 e. The second-order valence-corrected chi connectivity index (χ2v) is 14.8. The molecule has 0 radical (unpaired) electrons. The first-order chi connectivity index (χ1) is 26.6. The summed E-state index contributed by atoms with van der Waals surface area (Å²) in [7, 11) is 0. The normalized spacial score (nSPS) is 11.8. The lowest BCUT2D eigenvalue weighted by atomic mass is 9.99. The molecule has 256 valence electrons. The zero-order valence-electron chi connectivity index (χ0n) is 29.8. The van der Waals surface area contributed by atoms with Gasteiger partial charge < -0.3 is 9.32 Å². The van der Waals surface area contributed by atoms with Crippen molar-refractivity contribution in [1.82, 2.24) is 0 Å². The summed E-state index contributed by atoms with van der Waals surface area (Å²) in [5.74, 6) is 0. The number of hydrogen-bond acceptors (Lipinski definition) is 3. The maximum absolute atomic E-state index is 6.68. The van der Waals surface area contributed by atoms with Gasteiger partial charge in [0.2, 0.25) is 0 Å².